The number of amides is 1. The number of alkyl halides is 3. The molecule has 1 aliphatic heterocycles. The normalized spacial score (nSPS) is 19.2. The number of esters is 1. The van der Waals surface area contributed by atoms with Gasteiger partial charge in [-0.3, -0.25) is 4.79 Å². The molecule has 0 aliphatic carbocycles. The van der Waals surface area contributed by atoms with Gasteiger partial charge in [0.25, 0.3) is 5.91 Å². The van der Waals surface area contributed by atoms with Crippen molar-refractivity contribution in [3.8, 4) is 0 Å². The monoisotopic (exact) mass is 437 g/mol. The van der Waals surface area contributed by atoms with E-state index in [0.29, 0.717) is 16.9 Å². The van der Waals surface area contributed by atoms with E-state index >= 15 is 0 Å². The Morgan fingerprint density at radius 3 is 2.30 bits per heavy atom. The zero-order valence-corrected chi connectivity index (χ0v) is 17.4. The molecule has 2 unspecified atom stereocenters. The number of halogens is 3. The molecule has 2 aromatic rings. The topological polar surface area (TPSA) is 46.6 Å². The summed E-state index contributed by atoms with van der Waals surface area (Å²) in [7, 11) is 0. The highest BCUT2D eigenvalue weighted by Crippen LogP contribution is 2.43. The van der Waals surface area contributed by atoms with Crippen molar-refractivity contribution in [2.75, 3.05) is 12.4 Å². The quantitative estimate of drug-likeness (QED) is 0.606. The van der Waals surface area contributed by atoms with E-state index in [1.54, 1.807) is 30.3 Å². The van der Waals surface area contributed by atoms with Crippen LogP contribution in [-0.4, -0.2) is 35.2 Å². The van der Waals surface area contributed by atoms with Crippen LogP contribution in [0.3, 0.4) is 0 Å². The van der Waals surface area contributed by atoms with E-state index in [2.05, 4.69) is 0 Å². The summed E-state index contributed by atoms with van der Waals surface area (Å²) in [4.78, 5) is 27.3. The first-order valence-electron chi connectivity index (χ1n) is 9.51. The number of hydrogen-bond donors (Lipinski definition) is 0. The highest BCUT2D eigenvalue weighted by atomic mass is 32.2. The molecular formula is C22H22F3NO3S. The van der Waals surface area contributed by atoms with E-state index in [1.807, 2.05) is 13.8 Å². The van der Waals surface area contributed by atoms with Crippen LogP contribution >= 0.6 is 11.8 Å². The first kappa shape index (κ1) is 22.2. The summed E-state index contributed by atoms with van der Waals surface area (Å²) < 4.78 is 44.1. The number of nitrogens with zero attached hydrogens (tertiary/aromatic N) is 1. The summed E-state index contributed by atoms with van der Waals surface area (Å²) in [5.74, 6) is -0.417. The summed E-state index contributed by atoms with van der Waals surface area (Å²) in [6.07, 6.45) is -4.44. The van der Waals surface area contributed by atoms with Crippen LogP contribution in [0.2, 0.25) is 0 Å². The lowest BCUT2D eigenvalue weighted by molar-refractivity contribution is -0.149. The maximum atomic E-state index is 13.2. The maximum Gasteiger partial charge on any atom is 0.416 e. The van der Waals surface area contributed by atoms with Gasteiger partial charge < -0.3 is 9.64 Å². The predicted octanol–water partition coefficient (Wildman–Crippen LogP) is 5.16. The van der Waals surface area contributed by atoms with E-state index < -0.39 is 29.1 Å². The molecule has 1 amide bonds. The van der Waals surface area contributed by atoms with Crippen molar-refractivity contribution >= 4 is 23.6 Å². The van der Waals surface area contributed by atoms with Crippen molar-refractivity contribution in [2.24, 2.45) is 5.92 Å². The summed E-state index contributed by atoms with van der Waals surface area (Å²) in [5.41, 5.74) is 0.165. The van der Waals surface area contributed by atoms with Gasteiger partial charge in [0.1, 0.15) is 11.4 Å². The van der Waals surface area contributed by atoms with E-state index in [9.17, 15) is 22.8 Å². The van der Waals surface area contributed by atoms with Crippen molar-refractivity contribution in [3.05, 3.63) is 71.3 Å². The van der Waals surface area contributed by atoms with Gasteiger partial charge in [0.15, 0.2) is 0 Å². The second-order valence-electron chi connectivity index (χ2n) is 7.42. The average Bonchev–Trinajstić information content (AvgIpc) is 3.16. The zero-order valence-electron chi connectivity index (χ0n) is 16.6. The van der Waals surface area contributed by atoms with Crippen LogP contribution in [0.4, 0.5) is 13.2 Å². The molecular weight excluding hydrogens is 415 g/mol. The summed E-state index contributed by atoms with van der Waals surface area (Å²) in [6.45, 7) is 4.06. The molecule has 0 spiro atoms. The van der Waals surface area contributed by atoms with Crippen molar-refractivity contribution in [1.29, 1.82) is 0 Å². The number of benzene rings is 2. The van der Waals surface area contributed by atoms with Gasteiger partial charge in [0.2, 0.25) is 0 Å². The minimum absolute atomic E-state index is 0.145. The largest absolute Gasteiger partial charge is 0.464 e. The molecule has 30 heavy (non-hydrogen) atoms. The Balaban J connectivity index is 1.91. The predicted molar refractivity (Wildman–Crippen MR) is 109 cm³/mol. The molecule has 2 atom stereocenters. The van der Waals surface area contributed by atoms with Crippen molar-refractivity contribution < 1.29 is 27.5 Å². The van der Waals surface area contributed by atoms with E-state index in [-0.39, 0.29) is 18.4 Å². The van der Waals surface area contributed by atoms with Gasteiger partial charge >= 0.3 is 12.1 Å². The third-order valence-electron chi connectivity index (χ3n) is 4.61. The maximum absolute atomic E-state index is 13.2. The Bertz CT molecular complexity index is 885. The van der Waals surface area contributed by atoms with Gasteiger partial charge in [0, 0.05) is 11.3 Å². The van der Waals surface area contributed by atoms with E-state index in [1.165, 1.54) is 28.8 Å². The Morgan fingerprint density at radius 2 is 1.73 bits per heavy atom. The van der Waals surface area contributed by atoms with Crippen molar-refractivity contribution in [1.82, 2.24) is 4.90 Å². The smallest absolute Gasteiger partial charge is 0.416 e. The van der Waals surface area contributed by atoms with Crippen LogP contribution in [-0.2, 0) is 15.7 Å². The molecule has 0 aromatic heterocycles. The molecule has 1 saturated heterocycles. The van der Waals surface area contributed by atoms with Crippen LogP contribution in [0.15, 0.2) is 54.6 Å². The van der Waals surface area contributed by atoms with Crippen LogP contribution in [0.5, 0.6) is 0 Å². The Morgan fingerprint density at radius 1 is 1.10 bits per heavy atom. The highest BCUT2D eigenvalue weighted by Gasteiger charge is 2.43. The highest BCUT2D eigenvalue weighted by molar-refractivity contribution is 7.99. The molecule has 0 saturated carbocycles. The van der Waals surface area contributed by atoms with Gasteiger partial charge in [-0.05, 0) is 35.7 Å². The van der Waals surface area contributed by atoms with E-state index in [0.717, 1.165) is 12.1 Å². The van der Waals surface area contributed by atoms with Crippen LogP contribution in [0.25, 0.3) is 0 Å². The Labute approximate surface area is 177 Å². The fourth-order valence-corrected chi connectivity index (χ4v) is 4.52. The lowest BCUT2D eigenvalue weighted by Gasteiger charge is -2.29. The van der Waals surface area contributed by atoms with E-state index in [4.69, 9.17) is 4.74 Å². The van der Waals surface area contributed by atoms with Crippen molar-refractivity contribution in [3.63, 3.8) is 0 Å². The molecule has 1 aliphatic rings. The average molecular weight is 437 g/mol. The number of carbonyl (C=O) groups excluding carboxylic acids is 2. The molecule has 0 N–H and O–H groups in total. The van der Waals surface area contributed by atoms with Crippen LogP contribution in [0.1, 0.15) is 40.7 Å². The Kier molecular flexibility index (Phi) is 6.75. The lowest BCUT2D eigenvalue weighted by atomic mass is 10.1. The fraction of sp³-hybridized carbons (Fsp3) is 0.364. The van der Waals surface area contributed by atoms with Gasteiger partial charge in [-0.2, -0.15) is 13.2 Å². The number of rotatable bonds is 5. The zero-order chi connectivity index (χ0) is 21.9. The van der Waals surface area contributed by atoms with Gasteiger partial charge in [-0.15, -0.1) is 11.8 Å². The van der Waals surface area contributed by atoms with Crippen LogP contribution < -0.4 is 0 Å². The SMILES string of the molecule is CC(C)COC(=O)C1CSC(c2ccc(C(F)(F)F)cc2)N1C(=O)c1ccccc1. The molecule has 0 bridgehead atoms. The number of hydrogen-bond acceptors (Lipinski definition) is 4. The second-order valence-corrected chi connectivity index (χ2v) is 8.54. The molecule has 160 valence electrons. The minimum atomic E-state index is -4.44. The molecule has 2 aromatic carbocycles. The van der Waals surface area contributed by atoms with Crippen LogP contribution in [0, 0.1) is 5.92 Å². The van der Waals surface area contributed by atoms with Gasteiger partial charge in [-0.1, -0.05) is 44.2 Å². The first-order valence-corrected chi connectivity index (χ1v) is 10.6. The second kappa shape index (κ2) is 9.12. The third-order valence-corrected chi connectivity index (χ3v) is 5.93. The molecule has 8 heteroatoms. The van der Waals surface area contributed by atoms with Crippen molar-refractivity contribution in [2.45, 2.75) is 31.4 Å². The van der Waals surface area contributed by atoms with Gasteiger partial charge in [0.05, 0.1) is 12.2 Å². The molecule has 1 fully saturated rings. The molecule has 4 nitrogen and oxygen atoms in total. The number of thioether (sulfide) groups is 1. The summed E-state index contributed by atoms with van der Waals surface area (Å²) in [5, 5.41) is -0.586. The Hall–Kier alpha value is -2.48. The standard InChI is InChI=1S/C22H22F3NO3S/c1-14(2)12-29-21(28)18-13-30-20(16-8-10-17(11-9-16)22(23,24)25)26(18)19(27)15-6-4-3-5-7-15/h3-11,14,18,20H,12-13H2,1-2H3. The third kappa shape index (κ3) is 4.98. The summed E-state index contributed by atoms with van der Waals surface area (Å²) in [6, 6.07) is 12.4. The fourth-order valence-electron chi connectivity index (χ4n) is 3.10. The molecule has 0 radical (unpaired) electrons. The summed E-state index contributed by atoms with van der Waals surface area (Å²) >= 11 is 1.33. The number of ether oxygens (including phenoxy) is 1. The first-order chi connectivity index (χ1) is 14.2. The minimum Gasteiger partial charge on any atom is -0.464 e. The molecule has 3 rings (SSSR count). The molecule has 1 heterocycles. The number of carbonyl (C=O) groups is 2. The van der Waals surface area contributed by atoms with Gasteiger partial charge in [-0.25, -0.2) is 4.79 Å². The lowest BCUT2D eigenvalue weighted by Crippen LogP contribution is -2.44.